The second-order valence-corrected chi connectivity index (χ2v) is 4.37. The highest BCUT2D eigenvalue weighted by Gasteiger charge is 2.19. The van der Waals surface area contributed by atoms with E-state index in [1.54, 1.807) is 0 Å². The van der Waals surface area contributed by atoms with Crippen LogP contribution in [0.2, 0.25) is 0 Å². The third-order valence-electron chi connectivity index (χ3n) is 3.02. The molecule has 1 aliphatic rings. The highest BCUT2D eigenvalue weighted by Crippen LogP contribution is 2.30. The zero-order valence-electron chi connectivity index (χ0n) is 10.1. The summed E-state index contributed by atoms with van der Waals surface area (Å²) in [6.07, 6.45) is 3.08. The Kier molecular flexibility index (Phi) is 3.46. The van der Waals surface area contributed by atoms with Crippen LogP contribution in [0.1, 0.15) is 24.5 Å². The normalized spacial score (nSPS) is 14.6. The van der Waals surface area contributed by atoms with Crippen LogP contribution in [0.5, 0.6) is 0 Å². The van der Waals surface area contributed by atoms with E-state index in [1.807, 2.05) is 30.3 Å². The van der Waals surface area contributed by atoms with Gasteiger partial charge in [-0.15, -0.1) is 0 Å². The summed E-state index contributed by atoms with van der Waals surface area (Å²) < 4.78 is 0. The topological polar surface area (TPSA) is 69.2 Å². The molecule has 0 saturated heterocycles. The van der Waals surface area contributed by atoms with Gasteiger partial charge in [-0.3, -0.25) is 4.79 Å². The van der Waals surface area contributed by atoms with E-state index in [0.29, 0.717) is 0 Å². The largest absolute Gasteiger partial charge is 0.548 e. The molecular formula is C14H14NO3-. The fraction of sp³-hybridized carbons (Fsp3) is 0.286. The Labute approximate surface area is 105 Å². The SMILES string of the molecule is CC(=O)NC(CC1=CCc2ccccc21)C(=O)[O-]. The molecule has 1 amide bonds. The van der Waals surface area contributed by atoms with Crippen LogP contribution in [0.4, 0.5) is 0 Å². The van der Waals surface area contributed by atoms with Crippen molar-refractivity contribution in [3.05, 3.63) is 41.5 Å². The molecule has 0 saturated carbocycles. The summed E-state index contributed by atoms with van der Waals surface area (Å²) in [4.78, 5) is 21.9. The number of amides is 1. The number of carbonyl (C=O) groups excluding carboxylic acids is 2. The van der Waals surface area contributed by atoms with E-state index in [-0.39, 0.29) is 12.3 Å². The quantitative estimate of drug-likeness (QED) is 0.826. The van der Waals surface area contributed by atoms with Gasteiger partial charge in [0.2, 0.25) is 5.91 Å². The van der Waals surface area contributed by atoms with E-state index < -0.39 is 12.0 Å². The zero-order chi connectivity index (χ0) is 13.1. The van der Waals surface area contributed by atoms with Crippen molar-refractivity contribution in [3.63, 3.8) is 0 Å². The van der Waals surface area contributed by atoms with Gasteiger partial charge in [-0.05, 0) is 29.5 Å². The Morgan fingerprint density at radius 2 is 2.11 bits per heavy atom. The number of benzene rings is 1. The summed E-state index contributed by atoms with van der Waals surface area (Å²) in [5.74, 6) is -1.62. The average Bonchev–Trinajstić information content (AvgIpc) is 2.71. The molecule has 0 aromatic heterocycles. The number of aliphatic carboxylic acids is 1. The Hall–Kier alpha value is -2.10. The molecule has 18 heavy (non-hydrogen) atoms. The van der Waals surface area contributed by atoms with Crippen LogP contribution in [0.3, 0.4) is 0 Å². The molecule has 2 rings (SSSR count). The van der Waals surface area contributed by atoms with Crippen molar-refractivity contribution >= 4 is 17.4 Å². The Morgan fingerprint density at radius 1 is 1.39 bits per heavy atom. The van der Waals surface area contributed by atoms with Gasteiger partial charge in [-0.2, -0.15) is 0 Å². The first kappa shape index (κ1) is 12.4. The second kappa shape index (κ2) is 5.04. The van der Waals surface area contributed by atoms with Crippen LogP contribution in [0.15, 0.2) is 30.3 Å². The van der Waals surface area contributed by atoms with Gasteiger partial charge >= 0.3 is 0 Å². The number of carboxylic acids is 1. The van der Waals surface area contributed by atoms with Crippen molar-refractivity contribution in [2.75, 3.05) is 0 Å². The zero-order valence-corrected chi connectivity index (χ0v) is 10.1. The van der Waals surface area contributed by atoms with Crippen LogP contribution < -0.4 is 10.4 Å². The molecule has 4 heteroatoms. The second-order valence-electron chi connectivity index (χ2n) is 4.37. The van der Waals surface area contributed by atoms with Gasteiger partial charge in [-0.1, -0.05) is 30.3 Å². The van der Waals surface area contributed by atoms with Gasteiger partial charge in [0.05, 0.1) is 12.0 Å². The van der Waals surface area contributed by atoms with Crippen molar-refractivity contribution in [1.29, 1.82) is 0 Å². The first-order valence-electron chi connectivity index (χ1n) is 5.83. The maximum Gasteiger partial charge on any atom is 0.217 e. The summed E-state index contributed by atoms with van der Waals surface area (Å²) in [6, 6.07) is 6.89. The number of rotatable bonds is 4. The van der Waals surface area contributed by atoms with Crippen LogP contribution in [0.25, 0.3) is 5.57 Å². The number of allylic oxidation sites excluding steroid dienone is 1. The van der Waals surface area contributed by atoms with E-state index >= 15 is 0 Å². The van der Waals surface area contributed by atoms with Gasteiger partial charge < -0.3 is 15.2 Å². The Morgan fingerprint density at radius 3 is 2.78 bits per heavy atom. The van der Waals surface area contributed by atoms with Crippen LogP contribution in [-0.2, 0) is 16.0 Å². The molecule has 1 aliphatic carbocycles. The maximum atomic E-state index is 11.0. The molecule has 1 N–H and O–H groups in total. The van der Waals surface area contributed by atoms with E-state index in [0.717, 1.165) is 17.6 Å². The van der Waals surface area contributed by atoms with E-state index in [9.17, 15) is 14.7 Å². The van der Waals surface area contributed by atoms with Crippen LogP contribution in [0, 0.1) is 0 Å². The highest BCUT2D eigenvalue weighted by molar-refractivity contribution is 5.84. The van der Waals surface area contributed by atoms with E-state index in [2.05, 4.69) is 5.32 Å². The molecule has 1 aromatic rings. The fourth-order valence-corrected chi connectivity index (χ4v) is 2.21. The summed E-state index contributed by atoms with van der Waals surface area (Å²) in [6.45, 7) is 1.30. The Balaban J connectivity index is 2.14. The minimum absolute atomic E-state index is 0.263. The molecule has 0 bridgehead atoms. The molecular weight excluding hydrogens is 230 g/mol. The standard InChI is InChI=1S/C14H15NO3/c1-9(16)15-13(14(17)18)8-11-7-6-10-4-2-3-5-12(10)11/h2-5,7,13H,6,8H2,1H3,(H,15,16)(H,17,18)/p-1. The van der Waals surface area contributed by atoms with Crippen molar-refractivity contribution in [2.24, 2.45) is 0 Å². The molecule has 94 valence electrons. The number of hydrogen-bond acceptors (Lipinski definition) is 3. The molecule has 1 unspecified atom stereocenters. The van der Waals surface area contributed by atoms with Crippen molar-refractivity contribution in [1.82, 2.24) is 5.32 Å². The Bertz CT molecular complexity index is 520. The molecule has 0 fully saturated rings. The van der Waals surface area contributed by atoms with Crippen LogP contribution in [-0.4, -0.2) is 17.9 Å². The third kappa shape index (κ3) is 2.59. The lowest BCUT2D eigenvalue weighted by atomic mass is 10.00. The lowest BCUT2D eigenvalue weighted by Crippen LogP contribution is -2.47. The van der Waals surface area contributed by atoms with E-state index in [1.165, 1.54) is 12.5 Å². The lowest BCUT2D eigenvalue weighted by molar-refractivity contribution is -0.308. The van der Waals surface area contributed by atoms with Gasteiger partial charge in [0.1, 0.15) is 0 Å². The van der Waals surface area contributed by atoms with Crippen molar-refractivity contribution in [3.8, 4) is 0 Å². The molecule has 0 aliphatic heterocycles. The van der Waals surface area contributed by atoms with Gasteiger partial charge in [0.15, 0.2) is 0 Å². The van der Waals surface area contributed by atoms with Gasteiger partial charge in [0.25, 0.3) is 0 Å². The molecule has 4 nitrogen and oxygen atoms in total. The van der Waals surface area contributed by atoms with E-state index in [4.69, 9.17) is 0 Å². The van der Waals surface area contributed by atoms with Crippen LogP contribution >= 0.6 is 0 Å². The van der Waals surface area contributed by atoms with Crippen molar-refractivity contribution < 1.29 is 14.7 Å². The number of carbonyl (C=O) groups is 2. The van der Waals surface area contributed by atoms with Gasteiger partial charge in [-0.25, -0.2) is 0 Å². The average molecular weight is 244 g/mol. The molecule has 1 atom stereocenters. The summed E-state index contributed by atoms with van der Waals surface area (Å²) >= 11 is 0. The number of fused-ring (bicyclic) bond motifs is 1. The summed E-state index contributed by atoms with van der Waals surface area (Å²) in [5.41, 5.74) is 3.20. The monoisotopic (exact) mass is 244 g/mol. The smallest absolute Gasteiger partial charge is 0.217 e. The molecule has 0 spiro atoms. The number of nitrogens with one attached hydrogen (secondary N) is 1. The first-order valence-corrected chi connectivity index (χ1v) is 5.83. The maximum absolute atomic E-state index is 11.0. The van der Waals surface area contributed by atoms with Gasteiger partial charge in [0, 0.05) is 6.92 Å². The van der Waals surface area contributed by atoms with Crippen molar-refractivity contribution in [2.45, 2.75) is 25.8 Å². The minimum Gasteiger partial charge on any atom is -0.548 e. The lowest BCUT2D eigenvalue weighted by Gasteiger charge is -2.19. The highest BCUT2D eigenvalue weighted by atomic mass is 16.4. The summed E-state index contributed by atoms with van der Waals surface area (Å²) in [7, 11) is 0. The first-order chi connectivity index (χ1) is 8.58. The number of carboxylic acid groups (broad SMARTS) is 1. The predicted molar refractivity (Wildman–Crippen MR) is 65.4 cm³/mol. The molecule has 0 heterocycles. The fourth-order valence-electron chi connectivity index (χ4n) is 2.21. The molecule has 1 aromatic carbocycles. The third-order valence-corrected chi connectivity index (χ3v) is 3.02. The predicted octanol–water partition coefficient (Wildman–Crippen LogP) is 0.271. The number of hydrogen-bond donors (Lipinski definition) is 1. The summed E-state index contributed by atoms with van der Waals surface area (Å²) in [5, 5.41) is 13.4. The molecule has 0 radical (unpaired) electrons. The minimum atomic E-state index is -1.25.